The van der Waals surface area contributed by atoms with Crippen molar-refractivity contribution in [2.24, 2.45) is 5.73 Å². The Morgan fingerprint density at radius 2 is 1.90 bits per heavy atom. The van der Waals surface area contributed by atoms with Crippen molar-refractivity contribution in [1.29, 1.82) is 0 Å². The molecular weight excluding hydrogens is 288 g/mol. The molecule has 0 fully saturated rings. The first-order valence-electron chi connectivity index (χ1n) is 6.92. The first-order chi connectivity index (χ1) is 9.56. The van der Waals surface area contributed by atoms with Crippen LogP contribution in [0, 0.1) is 0 Å². The van der Waals surface area contributed by atoms with E-state index in [-0.39, 0.29) is 24.3 Å². The average molecular weight is 312 g/mol. The monoisotopic (exact) mass is 312 g/mol. The van der Waals surface area contributed by atoms with E-state index >= 15 is 0 Å². The summed E-state index contributed by atoms with van der Waals surface area (Å²) in [4.78, 5) is 11.0. The number of nitrogens with two attached hydrogens (primary N) is 1. The zero-order chi connectivity index (χ0) is 16.3. The minimum atomic E-state index is -3.55. The van der Waals surface area contributed by atoms with Gasteiger partial charge in [-0.3, -0.25) is 4.79 Å². The second-order valence-corrected chi connectivity index (χ2v) is 8.07. The fraction of sp³-hybridized carbons (Fsp3) is 0.533. The molecule has 1 amide bonds. The molecule has 2 N–H and O–H groups in total. The highest BCUT2D eigenvalue weighted by Gasteiger charge is 2.23. The summed E-state index contributed by atoms with van der Waals surface area (Å²) < 4.78 is 25.8. The first-order valence-corrected chi connectivity index (χ1v) is 8.52. The highest BCUT2D eigenvalue weighted by Crippen LogP contribution is 2.23. The van der Waals surface area contributed by atoms with E-state index in [1.54, 1.807) is 13.0 Å². The lowest BCUT2D eigenvalue weighted by molar-refractivity contribution is -0.118. The van der Waals surface area contributed by atoms with Crippen LogP contribution in [0.5, 0.6) is 0 Å². The van der Waals surface area contributed by atoms with Crippen LogP contribution in [0.3, 0.4) is 0 Å². The van der Waals surface area contributed by atoms with Gasteiger partial charge in [-0.05, 0) is 16.5 Å². The molecule has 0 saturated heterocycles. The molecule has 0 aliphatic carbocycles. The molecule has 0 heterocycles. The standard InChI is InChI=1S/C15H24N2O3S/c1-5-17(10-14(16)18)21(19,20)11-12-7-6-8-13(9-12)15(2,3)4/h6-9H,5,10-11H2,1-4H3,(H2,16,18). The maximum Gasteiger partial charge on any atom is 0.232 e. The molecule has 0 atom stereocenters. The van der Waals surface area contributed by atoms with E-state index in [0.29, 0.717) is 5.56 Å². The van der Waals surface area contributed by atoms with Crippen LogP contribution in [0.1, 0.15) is 38.8 Å². The van der Waals surface area contributed by atoms with Gasteiger partial charge in [-0.15, -0.1) is 0 Å². The third-order valence-electron chi connectivity index (χ3n) is 3.22. The van der Waals surface area contributed by atoms with Gasteiger partial charge < -0.3 is 5.73 Å². The Kier molecular flexibility index (Phi) is 5.53. The van der Waals surface area contributed by atoms with E-state index < -0.39 is 15.9 Å². The van der Waals surface area contributed by atoms with E-state index in [1.807, 2.05) is 18.2 Å². The summed E-state index contributed by atoms with van der Waals surface area (Å²) in [5.41, 5.74) is 6.84. The van der Waals surface area contributed by atoms with Crippen LogP contribution in [0.2, 0.25) is 0 Å². The fourth-order valence-corrected chi connectivity index (χ4v) is 3.51. The maximum absolute atomic E-state index is 12.3. The van der Waals surface area contributed by atoms with E-state index in [2.05, 4.69) is 20.8 Å². The van der Waals surface area contributed by atoms with E-state index in [4.69, 9.17) is 5.73 Å². The lowest BCUT2D eigenvalue weighted by atomic mass is 9.86. The van der Waals surface area contributed by atoms with Crippen molar-refractivity contribution in [2.45, 2.75) is 38.9 Å². The topological polar surface area (TPSA) is 80.5 Å². The molecule has 21 heavy (non-hydrogen) atoms. The molecule has 0 aliphatic rings. The van der Waals surface area contributed by atoms with Crippen molar-refractivity contribution < 1.29 is 13.2 Å². The number of carbonyl (C=O) groups is 1. The van der Waals surface area contributed by atoms with Gasteiger partial charge in [-0.2, -0.15) is 4.31 Å². The van der Waals surface area contributed by atoms with Crippen LogP contribution in [-0.4, -0.2) is 31.7 Å². The van der Waals surface area contributed by atoms with E-state index in [9.17, 15) is 13.2 Å². The van der Waals surface area contributed by atoms with Crippen molar-refractivity contribution in [3.8, 4) is 0 Å². The molecule has 6 heteroatoms. The summed E-state index contributed by atoms with van der Waals surface area (Å²) in [6, 6.07) is 7.52. The van der Waals surface area contributed by atoms with E-state index in [0.717, 1.165) is 9.87 Å². The maximum atomic E-state index is 12.3. The molecule has 1 aromatic rings. The molecule has 5 nitrogen and oxygen atoms in total. The molecule has 1 rings (SSSR count). The second-order valence-electron chi connectivity index (χ2n) is 6.10. The third-order valence-corrected chi connectivity index (χ3v) is 5.09. The minimum Gasteiger partial charge on any atom is -0.369 e. The highest BCUT2D eigenvalue weighted by molar-refractivity contribution is 7.88. The Labute approximate surface area is 127 Å². The Morgan fingerprint density at radius 3 is 2.38 bits per heavy atom. The van der Waals surface area contributed by atoms with Gasteiger partial charge in [-0.1, -0.05) is 52.0 Å². The summed E-state index contributed by atoms with van der Waals surface area (Å²) >= 11 is 0. The van der Waals surface area contributed by atoms with Crippen LogP contribution in [0.15, 0.2) is 24.3 Å². The van der Waals surface area contributed by atoms with Crippen LogP contribution in [-0.2, 0) is 26.0 Å². The second kappa shape index (κ2) is 6.58. The zero-order valence-electron chi connectivity index (χ0n) is 13.1. The Hall–Kier alpha value is -1.40. The smallest absolute Gasteiger partial charge is 0.232 e. The Morgan fingerprint density at radius 1 is 1.29 bits per heavy atom. The molecule has 0 radical (unpaired) electrons. The molecule has 0 spiro atoms. The number of hydrogen-bond acceptors (Lipinski definition) is 3. The van der Waals surface area contributed by atoms with Gasteiger partial charge in [0.15, 0.2) is 0 Å². The predicted octanol–water partition coefficient (Wildman–Crippen LogP) is 1.62. The summed E-state index contributed by atoms with van der Waals surface area (Å²) in [6.45, 7) is 7.86. The number of primary amides is 1. The molecule has 0 bridgehead atoms. The lowest BCUT2D eigenvalue weighted by Crippen LogP contribution is -2.38. The number of nitrogens with zero attached hydrogens (tertiary/aromatic N) is 1. The first kappa shape index (κ1) is 17.7. The molecule has 0 aliphatic heterocycles. The lowest BCUT2D eigenvalue weighted by Gasteiger charge is -2.21. The Balaban J connectivity index is 3.01. The van der Waals surface area contributed by atoms with Gasteiger partial charge in [0.2, 0.25) is 15.9 Å². The summed E-state index contributed by atoms with van der Waals surface area (Å²) in [6.07, 6.45) is 0. The van der Waals surface area contributed by atoms with Crippen LogP contribution in [0.4, 0.5) is 0 Å². The molecule has 0 saturated carbocycles. The van der Waals surface area contributed by atoms with Crippen LogP contribution < -0.4 is 5.73 Å². The number of carbonyl (C=O) groups excluding carboxylic acids is 1. The summed E-state index contributed by atoms with van der Waals surface area (Å²) in [7, 11) is -3.55. The third kappa shape index (κ3) is 5.13. The number of rotatable bonds is 6. The molecular formula is C15H24N2O3S. The Bertz CT molecular complexity index is 604. The highest BCUT2D eigenvalue weighted by atomic mass is 32.2. The molecule has 0 unspecified atom stereocenters. The number of amides is 1. The number of likely N-dealkylation sites (N-methyl/N-ethyl adjacent to an activating group) is 1. The van der Waals surface area contributed by atoms with Gasteiger partial charge in [0, 0.05) is 6.54 Å². The van der Waals surface area contributed by atoms with Crippen LogP contribution in [0.25, 0.3) is 0 Å². The van der Waals surface area contributed by atoms with Gasteiger partial charge in [0.25, 0.3) is 0 Å². The van der Waals surface area contributed by atoms with Gasteiger partial charge in [-0.25, -0.2) is 8.42 Å². The van der Waals surface area contributed by atoms with Crippen LogP contribution >= 0.6 is 0 Å². The number of benzene rings is 1. The minimum absolute atomic E-state index is 0.0442. The fourth-order valence-electron chi connectivity index (χ4n) is 2.01. The SMILES string of the molecule is CCN(CC(N)=O)S(=O)(=O)Cc1cccc(C(C)(C)C)c1. The number of hydrogen-bond donors (Lipinski definition) is 1. The van der Waals surface area contributed by atoms with Crippen molar-refractivity contribution >= 4 is 15.9 Å². The van der Waals surface area contributed by atoms with E-state index in [1.165, 1.54) is 0 Å². The van der Waals surface area contributed by atoms with Gasteiger partial charge >= 0.3 is 0 Å². The zero-order valence-corrected chi connectivity index (χ0v) is 13.9. The van der Waals surface area contributed by atoms with Crippen molar-refractivity contribution in [3.63, 3.8) is 0 Å². The van der Waals surface area contributed by atoms with Gasteiger partial charge in [0.1, 0.15) is 0 Å². The molecule has 1 aromatic carbocycles. The normalized spacial score (nSPS) is 12.6. The molecule has 118 valence electrons. The number of sulfonamides is 1. The quantitative estimate of drug-likeness (QED) is 0.866. The van der Waals surface area contributed by atoms with Gasteiger partial charge in [0.05, 0.1) is 12.3 Å². The average Bonchev–Trinajstić information content (AvgIpc) is 2.34. The summed E-state index contributed by atoms with van der Waals surface area (Å²) in [5, 5.41) is 0. The summed E-state index contributed by atoms with van der Waals surface area (Å²) in [5.74, 6) is -0.776. The van der Waals surface area contributed by atoms with Crippen molar-refractivity contribution in [3.05, 3.63) is 35.4 Å². The molecule has 0 aromatic heterocycles. The predicted molar refractivity (Wildman–Crippen MR) is 84.2 cm³/mol. The van der Waals surface area contributed by atoms with Crippen molar-refractivity contribution in [1.82, 2.24) is 4.31 Å². The van der Waals surface area contributed by atoms with Crippen molar-refractivity contribution in [2.75, 3.05) is 13.1 Å². The largest absolute Gasteiger partial charge is 0.369 e.